The number of benzene rings is 2. The zero-order valence-electron chi connectivity index (χ0n) is 19.1. The molecule has 2 aromatic rings. The maximum atomic E-state index is 13.3. The van der Waals surface area contributed by atoms with Gasteiger partial charge in [-0.3, -0.25) is 14.4 Å². The van der Waals surface area contributed by atoms with Crippen LogP contribution >= 0.6 is 0 Å². The van der Waals surface area contributed by atoms with E-state index in [4.69, 9.17) is 9.47 Å². The highest BCUT2D eigenvalue weighted by Gasteiger charge is 2.28. The molecular formula is C25H31N3O5. The minimum atomic E-state index is -0.373. The topological polar surface area (TPSA) is 97.0 Å². The van der Waals surface area contributed by atoms with E-state index in [0.29, 0.717) is 22.7 Å². The van der Waals surface area contributed by atoms with Crippen LogP contribution < -0.4 is 20.1 Å². The van der Waals surface area contributed by atoms with Crippen molar-refractivity contribution in [3.05, 3.63) is 54.1 Å². The molecule has 0 saturated heterocycles. The first-order chi connectivity index (χ1) is 16.0. The molecule has 2 aromatic carbocycles. The van der Waals surface area contributed by atoms with E-state index >= 15 is 0 Å². The highest BCUT2D eigenvalue weighted by atomic mass is 16.5. The van der Waals surface area contributed by atoms with Gasteiger partial charge in [0.25, 0.3) is 5.91 Å². The van der Waals surface area contributed by atoms with Crippen molar-refractivity contribution in [2.24, 2.45) is 0 Å². The molecule has 0 bridgehead atoms. The van der Waals surface area contributed by atoms with Gasteiger partial charge in [-0.2, -0.15) is 0 Å². The second-order valence-corrected chi connectivity index (χ2v) is 8.01. The molecule has 0 aliphatic heterocycles. The van der Waals surface area contributed by atoms with Crippen LogP contribution in [0, 0.1) is 0 Å². The molecular weight excluding hydrogens is 422 g/mol. The summed E-state index contributed by atoms with van der Waals surface area (Å²) >= 11 is 0. The summed E-state index contributed by atoms with van der Waals surface area (Å²) in [7, 11) is 3.12. The van der Waals surface area contributed by atoms with Crippen molar-refractivity contribution in [2.45, 2.75) is 38.1 Å². The molecule has 0 radical (unpaired) electrons. The van der Waals surface area contributed by atoms with Crippen molar-refractivity contribution in [1.29, 1.82) is 0 Å². The minimum Gasteiger partial charge on any atom is -0.497 e. The Hall–Kier alpha value is -3.55. The minimum absolute atomic E-state index is 0.00340. The fourth-order valence-electron chi connectivity index (χ4n) is 3.95. The molecule has 0 unspecified atom stereocenters. The quantitative estimate of drug-likeness (QED) is 0.608. The molecule has 3 rings (SSSR count). The lowest BCUT2D eigenvalue weighted by Crippen LogP contribution is -2.48. The van der Waals surface area contributed by atoms with Gasteiger partial charge in [-0.05, 0) is 55.3 Å². The van der Waals surface area contributed by atoms with Crippen molar-refractivity contribution in [3.8, 4) is 11.5 Å². The fraction of sp³-hybridized carbons (Fsp3) is 0.400. The molecule has 1 fully saturated rings. The first-order valence-corrected chi connectivity index (χ1v) is 11.2. The van der Waals surface area contributed by atoms with E-state index in [1.165, 1.54) is 0 Å². The molecule has 8 nitrogen and oxygen atoms in total. The van der Waals surface area contributed by atoms with Crippen molar-refractivity contribution in [2.75, 3.05) is 32.6 Å². The number of nitrogens with zero attached hydrogens (tertiary/aromatic N) is 1. The van der Waals surface area contributed by atoms with Crippen LogP contribution in [0.4, 0.5) is 5.69 Å². The van der Waals surface area contributed by atoms with Crippen LogP contribution in [0.15, 0.2) is 48.5 Å². The highest BCUT2D eigenvalue weighted by molar-refractivity contribution is 5.98. The van der Waals surface area contributed by atoms with Gasteiger partial charge < -0.3 is 25.0 Å². The lowest BCUT2D eigenvalue weighted by atomic mass is 9.93. The molecule has 1 saturated carbocycles. The zero-order chi connectivity index (χ0) is 23.6. The fourth-order valence-corrected chi connectivity index (χ4v) is 3.95. The van der Waals surface area contributed by atoms with E-state index < -0.39 is 0 Å². The Balaban J connectivity index is 1.60. The molecule has 1 aliphatic carbocycles. The summed E-state index contributed by atoms with van der Waals surface area (Å²) in [4.78, 5) is 39.8. The monoisotopic (exact) mass is 453 g/mol. The molecule has 176 valence electrons. The summed E-state index contributed by atoms with van der Waals surface area (Å²) in [6.07, 6.45) is 4.91. The van der Waals surface area contributed by atoms with Crippen LogP contribution in [-0.4, -0.2) is 56.0 Å². The van der Waals surface area contributed by atoms with Crippen LogP contribution in [0.2, 0.25) is 0 Å². The van der Waals surface area contributed by atoms with Crippen LogP contribution in [0.3, 0.4) is 0 Å². The van der Waals surface area contributed by atoms with Gasteiger partial charge >= 0.3 is 0 Å². The van der Waals surface area contributed by atoms with Crippen LogP contribution in [-0.2, 0) is 9.59 Å². The number of carbonyl (C=O) groups excluding carboxylic acids is 3. The van der Waals surface area contributed by atoms with E-state index in [9.17, 15) is 14.4 Å². The number of anilines is 1. The van der Waals surface area contributed by atoms with Crippen LogP contribution in [0.1, 0.15) is 42.5 Å². The number of hydrogen-bond acceptors (Lipinski definition) is 5. The second-order valence-electron chi connectivity index (χ2n) is 8.01. The van der Waals surface area contributed by atoms with Crippen LogP contribution in [0.25, 0.3) is 0 Å². The summed E-state index contributed by atoms with van der Waals surface area (Å²) in [5, 5.41) is 5.35. The Bertz CT molecular complexity index is 955. The van der Waals surface area contributed by atoms with E-state index in [1.807, 2.05) is 0 Å². The molecule has 0 aromatic heterocycles. The molecule has 0 atom stereocenters. The van der Waals surface area contributed by atoms with Gasteiger partial charge in [-0.15, -0.1) is 0 Å². The summed E-state index contributed by atoms with van der Waals surface area (Å²) in [6.45, 7) is -0.284. The summed E-state index contributed by atoms with van der Waals surface area (Å²) in [6, 6.07) is 13.8. The maximum Gasteiger partial charge on any atom is 0.254 e. The average Bonchev–Trinajstić information content (AvgIpc) is 2.86. The normalized spacial score (nSPS) is 13.6. The average molecular weight is 454 g/mol. The van der Waals surface area contributed by atoms with Gasteiger partial charge in [-0.25, -0.2) is 0 Å². The van der Waals surface area contributed by atoms with E-state index in [0.717, 1.165) is 32.1 Å². The summed E-state index contributed by atoms with van der Waals surface area (Å²) in [5.41, 5.74) is 1.08. The second kappa shape index (κ2) is 11.9. The number of methoxy groups -OCH3 is 2. The predicted octanol–water partition coefficient (Wildman–Crippen LogP) is 3.23. The number of amides is 3. The standard InChI is InChI=1S/C25H31N3O5/c1-32-21-13-11-19(12-14-21)27-23(29)16-26-24(30)17-28(20-8-4-3-5-9-20)25(31)18-7-6-10-22(15-18)33-2/h6-7,10-15,20H,3-5,8-9,16-17H2,1-2H3,(H,26,30)(H,27,29). The van der Waals surface area contributed by atoms with Gasteiger partial charge in [0, 0.05) is 17.3 Å². The third-order valence-corrected chi connectivity index (χ3v) is 5.73. The van der Waals surface area contributed by atoms with Crippen LogP contribution in [0.5, 0.6) is 11.5 Å². The molecule has 2 N–H and O–H groups in total. The Morgan fingerprint density at radius 2 is 1.61 bits per heavy atom. The first-order valence-electron chi connectivity index (χ1n) is 11.2. The first kappa shape index (κ1) is 24.1. The molecule has 33 heavy (non-hydrogen) atoms. The lowest BCUT2D eigenvalue weighted by molar-refractivity contribution is -0.125. The summed E-state index contributed by atoms with van der Waals surface area (Å²) < 4.78 is 10.3. The van der Waals surface area contributed by atoms with Crippen molar-refractivity contribution >= 4 is 23.4 Å². The SMILES string of the molecule is COc1ccc(NC(=O)CNC(=O)CN(C(=O)c2cccc(OC)c2)C2CCCCC2)cc1. The largest absolute Gasteiger partial charge is 0.497 e. The Kier molecular flexibility index (Phi) is 8.69. The predicted molar refractivity (Wildman–Crippen MR) is 126 cm³/mol. The van der Waals surface area contributed by atoms with Gasteiger partial charge in [-0.1, -0.05) is 25.3 Å². The van der Waals surface area contributed by atoms with Gasteiger partial charge in [0.15, 0.2) is 0 Å². The van der Waals surface area contributed by atoms with Crippen molar-refractivity contribution < 1.29 is 23.9 Å². The van der Waals surface area contributed by atoms with E-state index in [1.54, 1.807) is 67.7 Å². The Morgan fingerprint density at radius 1 is 0.909 bits per heavy atom. The molecule has 1 aliphatic rings. The molecule has 8 heteroatoms. The number of nitrogens with one attached hydrogen (secondary N) is 2. The Morgan fingerprint density at radius 3 is 2.27 bits per heavy atom. The smallest absolute Gasteiger partial charge is 0.254 e. The van der Waals surface area contributed by atoms with Gasteiger partial charge in [0.1, 0.15) is 18.0 Å². The van der Waals surface area contributed by atoms with Crippen molar-refractivity contribution in [3.63, 3.8) is 0 Å². The molecule has 0 heterocycles. The highest BCUT2D eigenvalue weighted by Crippen LogP contribution is 2.25. The number of ether oxygens (including phenoxy) is 2. The summed E-state index contributed by atoms with van der Waals surface area (Å²) in [5.74, 6) is 0.339. The lowest BCUT2D eigenvalue weighted by Gasteiger charge is -2.34. The number of hydrogen-bond donors (Lipinski definition) is 2. The third kappa shape index (κ3) is 6.97. The van der Waals surface area contributed by atoms with Crippen molar-refractivity contribution in [1.82, 2.24) is 10.2 Å². The Labute approximate surface area is 194 Å². The van der Waals surface area contributed by atoms with E-state index in [2.05, 4.69) is 10.6 Å². The maximum absolute atomic E-state index is 13.3. The van der Waals surface area contributed by atoms with Gasteiger partial charge in [0.05, 0.1) is 20.8 Å². The van der Waals surface area contributed by atoms with E-state index in [-0.39, 0.29) is 36.9 Å². The molecule has 0 spiro atoms. The molecule has 3 amide bonds. The number of carbonyl (C=O) groups is 3. The van der Waals surface area contributed by atoms with Gasteiger partial charge in [0.2, 0.25) is 11.8 Å². The third-order valence-electron chi connectivity index (χ3n) is 5.73. The zero-order valence-corrected chi connectivity index (χ0v) is 19.1. The number of rotatable bonds is 9.